The molecule has 3 unspecified atom stereocenters. The molecule has 1 heterocycles. The highest BCUT2D eigenvalue weighted by Crippen LogP contribution is 2.33. The Hall–Kier alpha value is -0.860. The van der Waals surface area contributed by atoms with Gasteiger partial charge in [0.05, 0.1) is 6.10 Å². The van der Waals surface area contributed by atoms with Crippen LogP contribution in [0.5, 0.6) is 0 Å². The summed E-state index contributed by atoms with van der Waals surface area (Å²) in [5.41, 5.74) is 10.7. The zero-order valence-electron chi connectivity index (χ0n) is 10.5. The zero-order valence-corrected chi connectivity index (χ0v) is 10.5. The molecule has 1 aliphatic heterocycles. The topological polar surface area (TPSA) is 35.2 Å². The minimum Gasteiger partial charge on any atom is -0.378 e. The van der Waals surface area contributed by atoms with Crippen molar-refractivity contribution in [3.8, 4) is 0 Å². The summed E-state index contributed by atoms with van der Waals surface area (Å²) in [6, 6.07) is 6.97. The Balaban J connectivity index is 1.83. The summed E-state index contributed by atoms with van der Waals surface area (Å²) < 4.78 is 5.62. The van der Waals surface area contributed by atoms with Crippen LogP contribution < -0.4 is 5.73 Å². The number of aryl methyl sites for hydroxylation is 2. The van der Waals surface area contributed by atoms with Gasteiger partial charge in [0.1, 0.15) is 0 Å². The lowest BCUT2D eigenvalue weighted by Gasteiger charge is -2.23. The molecule has 0 spiro atoms. The number of hydrogen-bond acceptors (Lipinski definition) is 2. The van der Waals surface area contributed by atoms with E-state index in [1.54, 1.807) is 0 Å². The van der Waals surface area contributed by atoms with Crippen LogP contribution in [0.2, 0.25) is 0 Å². The Morgan fingerprint density at radius 2 is 2.12 bits per heavy atom. The van der Waals surface area contributed by atoms with Crippen molar-refractivity contribution in [2.75, 3.05) is 6.61 Å². The maximum absolute atomic E-state index is 6.40. The molecule has 1 aromatic rings. The molecule has 1 aromatic carbocycles. The molecule has 0 radical (unpaired) electrons. The number of fused-ring (bicyclic) bond motifs is 1. The van der Waals surface area contributed by atoms with Crippen LogP contribution in [0.15, 0.2) is 18.2 Å². The first kappa shape index (κ1) is 11.2. The third-order valence-electron chi connectivity index (χ3n) is 4.40. The van der Waals surface area contributed by atoms with E-state index in [0.29, 0.717) is 12.0 Å². The van der Waals surface area contributed by atoms with E-state index in [1.165, 1.54) is 36.0 Å². The van der Waals surface area contributed by atoms with Gasteiger partial charge in [0.2, 0.25) is 0 Å². The van der Waals surface area contributed by atoms with Gasteiger partial charge in [-0.25, -0.2) is 0 Å². The normalized spacial score (nSPS) is 29.3. The van der Waals surface area contributed by atoms with Gasteiger partial charge in [0.25, 0.3) is 0 Å². The van der Waals surface area contributed by atoms with Gasteiger partial charge in [-0.2, -0.15) is 0 Å². The quantitative estimate of drug-likeness (QED) is 0.849. The van der Waals surface area contributed by atoms with Gasteiger partial charge in [-0.15, -0.1) is 0 Å². The van der Waals surface area contributed by atoms with E-state index in [2.05, 4.69) is 25.1 Å². The molecule has 2 aliphatic rings. The van der Waals surface area contributed by atoms with Gasteiger partial charge in [0.15, 0.2) is 0 Å². The third-order valence-corrected chi connectivity index (χ3v) is 4.40. The molecule has 0 amide bonds. The zero-order chi connectivity index (χ0) is 11.8. The van der Waals surface area contributed by atoms with E-state index >= 15 is 0 Å². The highest BCUT2D eigenvalue weighted by molar-refractivity contribution is 5.36. The van der Waals surface area contributed by atoms with Gasteiger partial charge in [-0.1, -0.05) is 18.2 Å². The average Bonchev–Trinajstić information content (AvgIpc) is 2.95. The Morgan fingerprint density at radius 1 is 1.29 bits per heavy atom. The minimum atomic E-state index is 0.137. The molecule has 2 heteroatoms. The van der Waals surface area contributed by atoms with Crippen LogP contribution in [0.3, 0.4) is 0 Å². The first-order valence-electron chi connectivity index (χ1n) is 6.74. The van der Waals surface area contributed by atoms with Crippen LogP contribution in [0.25, 0.3) is 0 Å². The van der Waals surface area contributed by atoms with Crippen LogP contribution in [-0.2, 0) is 17.6 Å². The van der Waals surface area contributed by atoms with Crippen LogP contribution >= 0.6 is 0 Å². The monoisotopic (exact) mass is 231 g/mol. The first-order valence-corrected chi connectivity index (χ1v) is 6.74. The van der Waals surface area contributed by atoms with Crippen molar-refractivity contribution in [2.45, 2.75) is 44.8 Å². The second-order valence-corrected chi connectivity index (χ2v) is 5.44. The fourth-order valence-electron chi connectivity index (χ4n) is 3.27. The summed E-state index contributed by atoms with van der Waals surface area (Å²) in [4.78, 5) is 0. The fraction of sp³-hybridized carbons (Fsp3) is 0.600. The smallest absolute Gasteiger partial charge is 0.0594 e. The van der Waals surface area contributed by atoms with E-state index in [9.17, 15) is 0 Å². The summed E-state index contributed by atoms with van der Waals surface area (Å²) in [5.74, 6) is 0.481. The predicted octanol–water partition coefficient (Wildman–Crippen LogP) is 2.60. The van der Waals surface area contributed by atoms with E-state index in [1.807, 2.05) is 0 Å². The summed E-state index contributed by atoms with van der Waals surface area (Å²) >= 11 is 0. The Bertz CT molecular complexity index is 415. The summed E-state index contributed by atoms with van der Waals surface area (Å²) in [6.45, 7) is 3.01. The van der Waals surface area contributed by atoms with Crippen molar-refractivity contribution in [2.24, 2.45) is 11.7 Å². The van der Waals surface area contributed by atoms with Crippen molar-refractivity contribution < 1.29 is 4.74 Å². The lowest BCUT2D eigenvalue weighted by Crippen LogP contribution is -2.26. The Kier molecular flexibility index (Phi) is 2.93. The highest BCUT2D eigenvalue weighted by Gasteiger charge is 2.30. The molecule has 1 saturated heterocycles. The highest BCUT2D eigenvalue weighted by atomic mass is 16.5. The van der Waals surface area contributed by atoms with Crippen LogP contribution in [0, 0.1) is 5.92 Å². The van der Waals surface area contributed by atoms with Crippen LogP contribution in [0.1, 0.15) is 42.5 Å². The molecule has 3 atom stereocenters. The molecule has 0 bridgehead atoms. The van der Waals surface area contributed by atoms with Gasteiger partial charge in [-0.05, 0) is 49.3 Å². The number of benzene rings is 1. The van der Waals surface area contributed by atoms with Crippen molar-refractivity contribution in [1.29, 1.82) is 0 Å². The molecule has 3 rings (SSSR count). The first-order chi connectivity index (χ1) is 8.25. The second-order valence-electron chi connectivity index (χ2n) is 5.44. The predicted molar refractivity (Wildman–Crippen MR) is 68.9 cm³/mol. The van der Waals surface area contributed by atoms with E-state index in [-0.39, 0.29) is 6.04 Å². The Labute approximate surface area is 103 Å². The van der Waals surface area contributed by atoms with Gasteiger partial charge in [-0.3, -0.25) is 0 Å². The maximum atomic E-state index is 6.40. The molecule has 2 nitrogen and oxygen atoms in total. The number of rotatable bonds is 2. The molecule has 92 valence electrons. The molecule has 17 heavy (non-hydrogen) atoms. The molecule has 0 saturated carbocycles. The fourth-order valence-corrected chi connectivity index (χ4v) is 3.27. The molecule has 1 aliphatic carbocycles. The standard InChI is InChI=1S/C15H21NO/c1-10-14(7-8-17-10)15(16)13-6-5-11-3-2-4-12(11)9-13/h5-6,9-10,14-15H,2-4,7-8,16H2,1H3. The third kappa shape index (κ3) is 2.00. The molecule has 2 N–H and O–H groups in total. The summed E-state index contributed by atoms with van der Waals surface area (Å²) in [6.07, 6.45) is 5.18. The summed E-state index contributed by atoms with van der Waals surface area (Å²) in [5, 5.41) is 0. The molecular weight excluding hydrogens is 210 g/mol. The second kappa shape index (κ2) is 4.43. The van der Waals surface area contributed by atoms with E-state index in [0.717, 1.165) is 13.0 Å². The molecule has 1 fully saturated rings. The van der Waals surface area contributed by atoms with Crippen molar-refractivity contribution in [3.63, 3.8) is 0 Å². The van der Waals surface area contributed by atoms with Crippen molar-refractivity contribution >= 4 is 0 Å². The van der Waals surface area contributed by atoms with Crippen LogP contribution in [-0.4, -0.2) is 12.7 Å². The van der Waals surface area contributed by atoms with Gasteiger partial charge >= 0.3 is 0 Å². The van der Waals surface area contributed by atoms with Crippen LogP contribution in [0.4, 0.5) is 0 Å². The number of nitrogens with two attached hydrogens (primary N) is 1. The number of ether oxygens (including phenoxy) is 1. The van der Waals surface area contributed by atoms with E-state index in [4.69, 9.17) is 10.5 Å². The lowest BCUT2D eigenvalue weighted by molar-refractivity contribution is 0.0995. The van der Waals surface area contributed by atoms with Crippen molar-refractivity contribution in [1.82, 2.24) is 0 Å². The molecular formula is C15H21NO. The molecule has 0 aromatic heterocycles. The summed E-state index contributed by atoms with van der Waals surface area (Å²) in [7, 11) is 0. The lowest BCUT2D eigenvalue weighted by atomic mass is 9.88. The SMILES string of the molecule is CC1OCCC1C(N)c1ccc2c(c1)CCC2. The maximum Gasteiger partial charge on any atom is 0.0594 e. The average molecular weight is 231 g/mol. The van der Waals surface area contributed by atoms with E-state index < -0.39 is 0 Å². The minimum absolute atomic E-state index is 0.137. The Morgan fingerprint density at radius 3 is 2.88 bits per heavy atom. The largest absolute Gasteiger partial charge is 0.378 e. The van der Waals surface area contributed by atoms with Crippen molar-refractivity contribution in [3.05, 3.63) is 34.9 Å². The van der Waals surface area contributed by atoms with Gasteiger partial charge < -0.3 is 10.5 Å². The van der Waals surface area contributed by atoms with Gasteiger partial charge in [0, 0.05) is 18.6 Å². The number of hydrogen-bond donors (Lipinski definition) is 1.